The number of nitrogens with zero attached hydrogens (tertiary/aromatic N) is 3. The highest BCUT2D eigenvalue weighted by atomic mass is 32.2. The highest BCUT2D eigenvalue weighted by Gasteiger charge is 2.34. The van der Waals surface area contributed by atoms with Gasteiger partial charge in [0.15, 0.2) is 17.5 Å². The molecule has 0 atom stereocenters. The molecule has 3 aromatic rings. The molecule has 35 heavy (non-hydrogen) atoms. The van der Waals surface area contributed by atoms with Gasteiger partial charge in [-0.3, -0.25) is 14.9 Å². The molecule has 0 radical (unpaired) electrons. The Hall–Kier alpha value is -3.82. The zero-order valence-corrected chi connectivity index (χ0v) is 17.8. The predicted octanol–water partition coefficient (Wildman–Crippen LogP) is 5.34. The second-order valence-electron chi connectivity index (χ2n) is 6.61. The van der Waals surface area contributed by atoms with E-state index in [-0.39, 0.29) is 17.1 Å². The van der Waals surface area contributed by atoms with Crippen LogP contribution in [-0.2, 0) is 11.0 Å². The highest BCUT2D eigenvalue weighted by molar-refractivity contribution is 7.99. The third kappa shape index (κ3) is 7.59. The molecular weight excluding hydrogens is 510 g/mol. The number of ether oxygens (including phenoxy) is 1. The first-order chi connectivity index (χ1) is 16.3. The fourth-order valence-electron chi connectivity index (χ4n) is 2.52. The molecule has 2 aromatic heterocycles. The zero-order chi connectivity index (χ0) is 25.8. The molecule has 186 valence electrons. The summed E-state index contributed by atoms with van der Waals surface area (Å²) in [6.07, 6.45) is -8.28. The number of anilines is 1. The molecule has 0 fully saturated rings. The van der Waals surface area contributed by atoms with Crippen molar-refractivity contribution in [2.24, 2.45) is 0 Å². The topological polar surface area (TPSA) is 120 Å². The highest BCUT2D eigenvalue weighted by Crippen LogP contribution is 2.32. The van der Waals surface area contributed by atoms with E-state index in [9.17, 15) is 41.3 Å². The van der Waals surface area contributed by atoms with Crippen LogP contribution in [0.4, 0.5) is 37.7 Å². The van der Waals surface area contributed by atoms with Gasteiger partial charge in [-0.05, 0) is 18.2 Å². The number of thioether (sulfide) groups is 1. The first-order valence-electron chi connectivity index (χ1n) is 9.22. The van der Waals surface area contributed by atoms with Crippen LogP contribution in [-0.4, -0.2) is 39.3 Å². The van der Waals surface area contributed by atoms with Crippen molar-refractivity contribution in [2.75, 3.05) is 17.7 Å². The molecule has 16 heteroatoms. The third-order valence-electron chi connectivity index (χ3n) is 3.89. The minimum Gasteiger partial charge on any atom is -0.484 e. The van der Waals surface area contributed by atoms with Gasteiger partial charge in [0.05, 0.1) is 28.7 Å². The summed E-state index contributed by atoms with van der Waals surface area (Å²) in [7, 11) is 0. The summed E-state index contributed by atoms with van der Waals surface area (Å²) < 4.78 is 86.3. The number of halogens is 6. The van der Waals surface area contributed by atoms with E-state index >= 15 is 0 Å². The number of aromatic nitrogens is 2. The van der Waals surface area contributed by atoms with Crippen LogP contribution in [0, 0.1) is 10.1 Å². The Morgan fingerprint density at radius 2 is 1.89 bits per heavy atom. The molecule has 0 aliphatic rings. The second-order valence-corrected chi connectivity index (χ2v) is 7.55. The van der Waals surface area contributed by atoms with Gasteiger partial charge in [-0.25, -0.2) is 9.97 Å². The molecule has 0 saturated heterocycles. The number of alkyl halides is 6. The van der Waals surface area contributed by atoms with E-state index in [4.69, 9.17) is 4.42 Å². The van der Waals surface area contributed by atoms with E-state index in [0.29, 0.717) is 17.8 Å². The smallest absolute Gasteiger partial charge is 0.433 e. The van der Waals surface area contributed by atoms with Gasteiger partial charge in [0, 0.05) is 12.1 Å². The van der Waals surface area contributed by atoms with E-state index in [1.54, 1.807) is 0 Å². The van der Waals surface area contributed by atoms with Crippen molar-refractivity contribution in [3.63, 3.8) is 0 Å². The Morgan fingerprint density at radius 3 is 2.49 bits per heavy atom. The van der Waals surface area contributed by atoms with E-state index in [1.807, 2.05) is 0 Å². The Labute approximate surface area is 195 Å². The number of hydrogen-bond acceptors (Lipinski definition) is 8. The Bertz CT molecular complexity index is 1220. The van der Waals surface area contributed by atoms with Crippen molar-refractivity contribution < 1.29 is 45.2 Å². The number of nitro benzene ring substituents is 1. The molecule has 0 spiro atoms. The van der Waals surface area contributed by atoms with Gasteiger partial charge in [-0.15, -0.1) is 0 Å². The quantitative estimate of drug-likeness (QED) is 0.139. The molecule has 9 nitrogen and oxygen atoms in total. The van der Waals surface area contributed by atoms with Crippen LogP contribution in [0.1, 0.15) is 5.69 Å². The summed E-state index contributed by atoms with van der Waals surface area (Å²) in [5.74, 6) is -1.87. The summed E-state index contributed by atoms with van der Waals surface area (Å²) in [4.78, 5) is 29.7. The normalized spacial score (nSPS) is 11.8. The Kier molecular flexibility index (Phi) is 7.52. The van der Waals surface area contributed by atoms with Crippen molar-refractivity contribution in [1.29, 1.82) is 0 Å². The van der Waals surface area contributed by atoms with E-state index in [0.717, 1.165) is 18.2 Å². The van der Waals surface area contributed by atoms with Gasteiger partial charge in [-0.1, -0.05) is 11.8 Å². The molecule has 2 heterocycles. The molecule has 0 bridgehead atoms. The van der Waals surface area contributed by atoms with Crippen LogP contribution in [0.15, 0.2) is 52.2 Å². The first kappa shape index (κ1) is 25.8. The number of benzene rings is 1. The molecule has 0 aliphatic carbocycles. The van der Waals surface area contributed by atoms with Crippen molar-refractivity contribution in [3.8, 4) is 17.2 Å². The van der Waals surface area contributed by atoms with Gasteiger partial charge in [0.1, 0.15) is 17.1 Å². The standard InChI is InChI=1S/C19H12F6N4O5S/c20-18(21,22)9-34-12-5-10(4-11(6-12)29(31)32)26-16(30)8-35-17-27-13(14-2-1-3-33-14)7-15(28-17)19(23,24)25/h1-7H,8-9H2,(H,26,30). The minimum atomic E-state index is -4.81. The summed E-state index contributed by atoms with van der Waals surface area (Å²) >= 11 is 0.528. The summed E-state index contributed by atoms with van der Waals surface area (Å²) in [6, 6.07) is 6.04. The maximum absolute atomic E-state index is 13.2. The lowest BCUT2D eigenvalue weighted by Crippen LogP contribution is -2.19. The van der Waals surface area contributed by atoms with Gasteiger partial charge >= 0.3 is 12.4 Å². The lowest BCUT2D eigenvalue weighted by molar-refractivity contribution is -0.384. The lowest BCUT2D eigenvalue weighted by atomic mass is 10.2. The van der Waals surface area contributed by atoms with Crippen molar-refractivity contribution >= 4 is 29.0 Å². The number of rotatable bonds is 8. The van der Waals surface area contributed by atoms with Crippen molar-refractivity contribution in [2.45, 2.75) is 17.5 Å². The van der Waals surface area contributed by atoms with Crippen LogP contribution >= 0.6 is 11.8 Å². The van der Waals surface area contributed by atoms with Crippen LogP contribution in [0.2, 0.25) is 0 Å². The lowest BCUT2D eigenvalue weighted by Gasteiger charge is -2.11. The molecule has 1 aromatic carbocycles. The number of nitro groups is 1. The SMILES string of the molecule is O=C(CSc1nc(-c2ccco2)cc(C(F)(F)F)n1)Nc1cc(OCC(F)(F)F)cc([N+](=O)[O-])c1. The van der Waals surface area contributed by atoms with Crippen LogP contribution in [0.5, 0.6) is 5.75 Å². The summed E-state index contributed by atoms with van der Waals surface area (Å²) in [5.41, 5.74) is -2.36. The second kappa shape index (κ2) is 10.2. The van der Waals surface area contributed by atoms with E-state index in [1.165, 1.54) is 18.4 Å². The van der Waals surface area contributed by atoms with Gasteiger partial charge in [0.2, 0.25) is 5.91 Å². The maximum atomic E-state index is 13.2. The number of carbonyl (C=O) groups excluding carboxylic acids is 1. The minimum absolute atomic E-state index is 0.0344. The van der Waals surface area contributed by atoms with Crippen molar-refractivity contribution in [3.05, 3.63) is 58.5 Å². The molecule has 3 rings (SSSR count). The number of furan rings is 1. The van der Waals surface area contributed by atoms with Crippen molar-refractivity contribution in [1.82, 2.24) is 9.97 Å². The number of nitrogens with one attached hydrogen (secondary N) is 1. The Morgan fingerprint density at radius 1 is 1.14 bits per heavy atom. The molecule has 1 N–H and O–H groups in total. The largest absolute Gasteiger partial charge is 0.484 e. The summed E-state index contributed by atoms with van der Waals surface area (Å²) in [5, 5.41) is 12.8. The monoisotopic (exact) mass is 522 g/mol. The molecule has 0 saturated carbocycles. The third-order valence-corrected chi connectivity index (χ3v) is 4.74. The molecule has 0 aliphatic heterocycles. The van der Waals surface area contributed by atoms with Crippen LogP contribution in [0.25, 0.3) is 11.5 Å². The first-order valence-corrected chi connectivity index (χ1v) is 10.2. The number of hydrogen-bond donors (Lipinski definition) is 1. The predicted molar refractivity (Wildman–Crippen MR) is 109 cm³/mol. The summed E-state index contributed by atoms with van der Waals surface area (Å²) in [6.45, 7) is -1.72. The van der Waals surface area contributed by atoms with Crippen LogP contribution in [0.3, 0.4) is 0 Å². The fourth-order valence-corrected chi connectivity index (χ4v) is 3.18. The maximum Gasteiger partial charge on any atom is 0.433 e. The number of amides is 1. The Balaban J connectivity index is 1.75. The van der Waals surface area contributed by atoms with Crippen LogP contribution < -0.4 is 10.1 Å². The molecular formula is C19H12F6N4O5S. The number of non-ortho nitro benzene ring substituents is 1. The average Bonchev–Trinajstić information content (AvgIpc) is 3.30. The zero-order valence-electron chi connectivity index (χ0n) is 17.0. The molecule has 1 amide bonds. The number of carbonyl (C=O) groups is 1. The molecule has 0 unspecified atom stereocenters. The fraction of sp³-hybridized carbons (Fsp3) is 0.211. The van der Waals surface area contributed by atoms with Gasteiger partial charge < -0.3 is 14.5 Å². The van der Waals surface area contributed by atoms with E-state index < -0.39 is 57.8 Å². The van der Waals surface area contributed by atoms with E-state index in [2.05, 4.69) is 20.0 Å². The average molecular weight is 522 g/mol. The van der Waals surface area contributed by atoms with Gasteiger partial charge in [-0.2, -0.15) is 26.3 Å². The van der Waals surface area contributed by atoms with Gasteiger partial charge in [0.25, 0.3) is 5.69 Å².